The van der Waals surface area contributed by atoms with Crippen molar-refractivity contribution >= 4 is 11.0 Å². The van der Waals surface area contributed by atoms with E-state index in [0.29, 0.717) is 23.6 Å². The number of hydrogen-bond donors (Lipinski definition) is 2. The predicted molar refractivity (Wildman–Crippen MR) is 70.4 cm³/mol. The molecule has 18 heavy (non-hydrogen) atoms. The van der Waals surface area contributed by atoms with Gasteiger partial charge in [-0.1, -0.05) is 13.8 Å². The molecule has 0 amide bonds. The largest absolute Gasteiger partial charge is 0.459 e. The molecule has 0 radical (unpaired) electrons. The van der Waals surface area contributed by atoms with Crippen LogP contribution in [0.4, 0.5) is 0 Å². The van der Waals surface area contributed by atoms with Crippen LogP contribution in [-0.4, -0.2) is 11.0 Å². The van der Waals surface area contributed by atoms with Crippen molar-refractivity contribution in [2.75, 3.05) is 0 Å². The van der Waals surface area contributed by atoms with E-state index in [-0.39, 0.29) is 5.56 Å². The molecule has 2 aromatic heterocycles. The smallest absolute Gasteiger partial charge is 0.259 e. The van der Waals surface area contributed by atoms with Crippen molar-refractivity contribution < 1.29 is 4.42 Å². The van der Waals surface area contributed by atoms with Gasteiger partial charge in [0.25, 0.3) is 5.56 Å². The van der Waals surface area contributed by atoms with Crippen molar-refractivity contribution in [1.82, 2.24) is 10.3 Å². The SMILES string of the molecule is CC(C)[C@@H]1C[C@H]1NCc1cc2c(=O)[nH]ccc2o1. The first-order valence-corrected chi connectivity index (χ1v) is 6.48. The van der Waals surface area contributed by atoms with Crippen LogP contribution in [0.2, 0.25) is 0 Å². The van der Waals surface area contributed by atoms with Crippen LogP contribution in [0.25, 0.3) is 11.0 Å². The monoisotopic (exact) mass is 246 g/mol. The summed E-state index contributed by atoms with van der Waals surface area (Å²) in [6.45, 7) is 5.21. The minimum Gasteiger partial charge on any atom is -0.459 e. The zero-order valence-corrected chi connectivity index (χ0v) is 10.7. The molecule has 0 aliphatic heterocycles. The Labute approximate surface area is 105 Å². The highest BCUT2D eigenvalue weighted by Crippen LogP contribution is 2.37. The van der Waals surface area contributed by atoms with Gasteiger partial charge < -0.3 is 14.7 Å². The van der Waals surface area contributed by atoms with Gasteiger partial charge in [-0.15, -0.1) is 0 Å². The number of aromatic amines is 1. The lowest BCUT2D eigenvalue weighted by molar-refractivity contribution is 0.476. The fraction of sp³-hybridized carbons (Fsp3) is 0.500. The predicted octanol–water partition coefficient (Wildman–Crippen LogP) is 2.26. The number of pyridine rings is 1. The number of nitrogens with one attached hydrogen (secondary N) is 2. The summed E-state index contributed by atoms with van der Waals surface area (Å²) in [7, 11) is 0. The van der Waals surface area contributed by atoms with Crippen molar-refractivity contribution in [2.45, 2.75) is 32.9 Å². The molecule has 2 aromatic rings. The van der Waals surface area contributed by atoms with Gasteiger partial charge in [-0.3, -0.25) is 4.79 Å². The first-order valence-electron chi connectivity index (χ1n) is 6.48. The van der Waals surface area contributed by atoms with Crippen molar-refractivity contribution in [2.24, 2.45) is 11.8 Å². The van der Waals surface area contributed by atoms with Crippen LogP contribution in [0, 0.1) is 11.8 Å². The zero-order valence-electron chi connectivity index (χ0n) is 10.7. The summed E-state index contributed by atoms with van der Waals surface area (Å²) >= 11 is 0. The maximum atomic E-state index is 11.5. The van der Waals surface area contributed by atoms with E-state index in [1.807, 2.05) is 6.07 Å². The molecular weight excluding hydrogens is 228 g/mol. The van der Waals surface area contributed by atoms with Gasteiger partial charge in [0.05, 0.1) is 11.9 Å². The third-order valence-electron chi connectivity index (χ3n) is 3.74. The van der Waals surface area contributed by atoms with Crippen LogP contribution in [0.5, 0.6) is 0 Å². The molecule has 4 nitrogen and oxygen atoms in total. The van der Waals surface area contributed by atoms with Gasteiger partial charge in [0.2, 0.25) is 0 Å². The lowest BCUT2D eigenvalue weighted by atomic mass is 10.1. The minimum absolute atomic E-state index is 0.0889. The van der Waals surface area contributed by atoms with E-state index < -0.39 is 0 Å². The maximum Gasteiger partial charge on any atom is 0.259 e. The van der Waals surface area contributed by atoms with E-state index in [1.54, 1.807) is 12.3 Å². The fourth-order valence-corrected chi connectivity index (χ4v) is 2.53. The second-order valence-electron chi connectivity index (χ2n) is 5.43. The number of rotatable bonds is 4. The highest BCUT2D eigenvalue weighted by molar-refractivity contribution is 5.76. The first kappa shape index (κ1) is 11.5. The van der Waals surface area contributed by atoms with Gasteiger partial charge in [-0.2, -0.15) is 0 Å². The van der Waals surface area contributed by atoms with E-state index in [9.17, 15) is 4.79 Å². The molecule has 0 bridgehead atoms. The standard InChI is InChI=1S/C14H18N2O2/c1-8(2)10-6-12(10)16-7-9-5-11-13(18-9)3-4-15-14(11)17/h3-5,8,10,12,16H,6-7H2,1-2H3,(H,15,17)/t10-,12+/m0/s1. The molecule has 0 aromatic carbocycles. The quantitative estimate of drug-likeness (QED) is 0.870. The summed E-state index contributed by atoms with van der Waals surface area (Å²) in [5.41, 5.74) is 0.570. The first-order chi connectivity index (χ1) is 8.65. The highest BCUT2D eigenvalue weighted by Gasteiger charge is 2.38. The van der Waals surface area contributed by atoms with Crippen LogP contribution < -0.4 is 10.9 Å². The number of hydrogen-bond acceptors (Lipinski definition) is 3. The number of aromatic nitrogens is 1. The Kier molecular flexibility index (Phi) is 2.74. The Morgan fingerprint density at radius 1 is 1.56 bits per heavy atom. The topological polar surface area (TPSA) is 58.0 Å². The summed E-state index contributed by atoms with van der Waals surface area (Å²) in [4.78, 5) is 14.2. The molecular formula is C14H18N2O2. The Morgan fingerprint density at radius 3 is 3.06 bits per heavy atom. The van der Waals surface area contributed by atoms with E-state index in [4.69, 9.17) is 4.42 Å². The van der Waals surface area contributed by atoms with Gasteiger partial charge in [0.15, 0.2) is 0 Å². The van der Waals surface area contributed by atoms with Crippen LogP contribution in [0.15, 0.2) is 27.5 Å². The van der Waals surface area contributed by atoms with Crippen molar-refractivity contribution in [3.8, 4) is 0 Å². The third-order valence-corrected chi connectivity index (χ3v) is 3.74. The van der Waals surface area contributed by atoms with E-state index >= 15 is 0 Å². The van der Waals surface area contributed by atoms with E-state index in [1.165, 1.54) is 6.42 Å². The van der Waals surface area contributed by atoms with Crippen molar-refractivity contribution in [3.63, 3.8) is 0 Å². The summed E-state index contributed by atoms with van der Waals surface area (Å²) in [5.74, 6) is 2.36. The lowest BCUT2D eigenvalue weighted by Crippen LogP contribution is -2.18. The van der Waals surface area contributed by atoms with Crippen LogP contribution in [0.1, 0.15) is 26.0 Å². The molecule has 0 unspecified atom stereocenters. The highest BCUT2D eigenvalue weighted by atomic mass is 16.3. The Hall–Kier alpha value is -1.55. The van der Waals surface area contributed by atoms with Gasteiger partial charge in [-0.25, -0.2) is 0 Å². The second kappa shape index (κ2) is 4.28. The molecule has 3 rings (SSSR count). The second-order valence-corrected chi connectivity index (χ2v) is 5.43. The normalized spacial score (nSPS) is 22.8. The van der Waals surface area contributed by atoms with Gasteiger partial charge in [0, 0.05) is 12.2 Å². The van der Waals surface area contributed by atoms with Crippen LogP contribution in [0.3, 0.4) is 0 Å². The number of furan rings is 1. The Morgan fingerprint density at radius 2 is 2.39 bits per heavy atom. The molecule has 1 fully saturated rings. The van der Waals surface area contributed by atoms with Gasteiger partial charge >= 0.3 is 0 Å². The van der Waals surface area contributed by atoms with Crippen molar-refractivity contribution in [1.29, 1.82) is 0 Å². The molecule has 0 spiro atoms. The molecule has 4 heteroatoms. The summed E-state index contributed by atoms with van der Waals surface area (Å²) in [6.07, 6.45) is 2.86. The summed E-state index contributed by atoms with van der Waals surface area (Å²) < 4.78 is 5.64. The van der Waals surface area contributed by atoms with Crippen LogP contribution >= 0.6 is 0 Å². The molecule has 96 valence electrons. The fourth-order valence-electron chi connectivity index (χ4n) is 2.53. The third kappa shape index (κ3) is 2.08. The van der Waals surface area contributed by atoms with Crippen LogP contribution in [-0.2, 0) is 6.54 Å². The van der Waals surface area contributed by atoms with Gasteiger partial charge in [-0.05, 0) is 30.4 Å². The summed E-state index contributed by atoms with van der Waals surface area (Å²) in [5, 5.41) is 4.11. The van der Waals surface area contributed by atoms with E-state index in [0.717, 1.165) is 17.6 Å². The zero-order chi connectivity index (χ0) is 12.7. The molecule has 2 atom stereocenters. The molecule has 1 saturated carbocycles. The molecule has 0 saturated heterocycles. The molecule has 1 aliphatic carbocycles. The Balaban J connectivity index is 1.69. The molecule has 2 heterocycles. The minimum atomic E-state index is -0.0889. The average molecular weight is 246 g/mol. The van der Waals surface area contributed by atoms with Gasteiger partial charge in [0.1, 0.15) is 11.3 Å². The maximum absolute atomic E-state index is 11.5. The lowest BCUT2D eigenvalue weighted by Gasteiger charge is -2.04. The number of H-pyrrole nitrogens is 1. The molecule has 1 aliphatic rings. The average Bonchev–Trinajstić information content (AvgIpc) is 2.99. The summed E-state index contributed by atoms with van der Waals surface area (Å²) in [6, 6.07) is 4.22. The molecule has 2 N–H and O–H groups in total. The number of fused-ring (bicyclic) bond motifs is 1. The van der Waals surface area contributed by atoms with Crippen molar-refractivity contribution in [3.05, 3.63) is 34.4 Å². The van der Waals surface area contributed by atoms with E-state index in [2.05, 4.69) is 24.1 Å². The Bertz CT molecular complexity index is 612.